The molecule has 15 heavy (non-hydrogen) atoms. The molecule has 0 saturated carbocycles. The maximum atomic E-state index is 11.1. The molecule has 0 saturated heterocycles. The minimum atomic E-state index is -4.27. The van der Waals surface area contributed by atoms with E-state index in [1.165, 1.54) is 6.92 Å². The predicted molar refractivity (Wildman–Crippen MR) is 61.1 cm³/mol. The molecule has 0 radical (unpaired) electrons. The molecule has 0 aromatic rings. The average Bonchev–Trinajstić information content (AvgIpc) is 1.96. The second-order valence-corrected chi connectivity index (χ2v) is 4.97. The normalized spacial score (nSPS) is 12.9. The summed E-state index contributed by atoms with van der Waals surface area (Å²) in [4.78, 5) is 11.1. The van der Waals surface area contributed by atoms with Crippen molar-refractivity contribution in [3.63, 3.8) is 0 Å². The van der Waals surface area contributed by atoms with Gasteiger partial charge in [-0.25, -0.2) is 0 Å². The number of nitrogens with one attached hydrogen (secondary N) is 1. The summed E-state index contributed by atoms with van der Waals surface area (Å²) in [6, 6.07) is 0. The smallest absolute Gasteiger partial charge is 1.00 e. The van der Waals surface area contributed by atoms with Gasteiger partial charge in [0, 0.05) is 5.57 Å². The van der Waals surface area contributed by atoms with Crippen molar-refractivity contribution in [2.24, 2.45) is 5.92 Å². The van der Waals surface area contributed by atoms with E-state index in [2.05, 4.69) is 11.9 Å². The number of rotatable bonds is 4. The third-order valence-corrected chi connectivity index (χ3v) is 2.89. The SMILES string of the molecule is C=C(C)C(=O)NC(C(C)C)S(=O)(=O)O.[H-].[H-].[Mg+2]. The van der Waals surface area contributed by atoms with Crippen LogP contribution in [0.25, 0.3) is 0 Å². The van der Waals surface area contributed by atoms with E-state index in [0.29, 0.717) is 0 Å². The topological polar surface area (TPSA) is 83.5 Å². The van der Waals surface area contributed by atoms with Gasteiger partial charge in [-0.3, -0.25) is 9.35 Å². The van der Waals surface area contributed by atoms with Gasteiger partial charge in [0.15, 0.2) is 5.37 Å². The standard InChI is InChI=1S/C8H15NO4S.Mg.2H/c1-5(2)7(10)9-8(6(3)4)14(11,12)13;;;/h6,8H,1H2,2-4H3,(H,9,10)(H,11,12,13);;;/q;+2;2*-1. The van der Waals surface area contributed by atoms with E-state index in [1.54, 1.807) is 13.8 Å². The zero-order chi connectivity index (χ0) is 11.5. The molecule has 0 bridgehead atoms. The summed E-state index contributed by atoms with van der Waals surface area (Å²) in [5.74, 6) is -0.991. The third kappa shape index (κ3) is 6.13. The molecule has 0 aliphatic rings. The monoisotopic (exact) mass is 247 g/mol. The molecule has 0 fully saturated rings. The van der Waals surface area contributed by atoms with E-state index in [9.17, 15) is 13.2 Å². The Hall–Kier alpha value is -0.114. The number of carbonyl (C=O) groups is 1. The van der Waals surface area contributed by atoms with Gasteiger partial charge in [-0.2, -0.15) is 8.42 Å². The zero-order valence-electron chi connectivity index (χ0n) is 11.1. The molecule has 1 amide bonds. The fourth-order valence-electron chi connectivity index (χ4n) is 0.837. The van der Waals surface area contributed by atoms with Crippen LogP contribution in [0.15, 0.2) is 12.2 Å². The van der Waals surface area contributed by atoms with Crippen LogP contribution in [0.1, 0.15) is 23.6 Å². The van der Waals surface area contributed by atoms with Crippen LogP contribution in [0.2, 0.25) is 0 Å². The van der Waals surface area contributed by atoms with Crippen LogP contribution < -0.4 is 5.32 Å². The van der Waals surface area contributed by atoms with Crippen LogP contribution >= 0.6 is 0 Å². The molecule has 86 valence electrons. The van der Waals surface area contributed by atoms with Gasteiger partial charge in [0.05, 0.1) is 0 Å². The van der Waals surface area contributed by atoms with Crippen LogP contribution in [0.5, 0.6) is 0 Å². The third-order valence-electron chi connectivity index (χ3n) is 1.59. The van der Waals surface area contributed by atoms with Crippen LogP contribution in [0.4, 0.5) is 0 Å². The summed E-state index contributed by atoms with van der Waals surface area (Å²) >= 11 is 0. The Labute approximate surface area is 109 Å². The van der Waals surface area contributed by atoms with E-state index >= 15 is 0 Å². The maximum Gasteiger partial charge on any atom is 2.00 e. The Morgan fingerprint density at radius 1 is 1.47 bits per heavy atom. The fraction of sp³-hybridized carbons (Fsp3) is 0.625. The first-order valence-electron chi connectivity index (χ1n) is 4.09. The van der Waals surface area contributed by atoms with Gasteiger partial charge < -0.3 is 8.17 Å². The summed E-state index contributed by atoms with van der Waals surface area (Å²) in [6.07, 6.45) is 0. The summed E-state index contributed by atoms with van der Waals surface area (Å²) in [7, 11) is -4.27. The van der Waals surface area contributed by atoms with E-state index in [1.807, 2.05) is 0 Å². The molecule has 1 unspecified atom stereocenters. The first kappa shape index (κ1) is 17.3. The Bertz CT molecular complexity index is 345. The molecule has 7 heteroatoms. The van der Waals surface area contributed by atoms with Gasteiger partial charge in [-0.1, -0.05) is 20.4 Å². The van der Waals surface area contributed by atoms with E-state index in [-0.39, 0.29) is 31.5 Å². The summed E-state index contributed by atoms with van der Waals surface area (Å²) in [5.41, 5.74) is 0.194. The van der Waals surface area contributed by atoms with Gasteiger partial charge in [0.2, 0.25) is 5.91 Å². The fourth-order valence-corrected chi connectivity index (χ4v) is 1.78. The number of amides is 1. The van der Waals surface area contributed by atoms with Crippen LogP contribution in [0, 0.1) is 5.92 Å². The second kappa shape index (κ2) is 6.46. The molecule has 0 aromatic heterocycles. The average molecular weight is 248 g/mol. The molecule has 0 rings (SSSR count). The Balaban J connectivity index is -0.000000282. The van der Waals surface area contributed by atoms with Gasteiger partial charge in [-0.15, -0.1) is 0 Å². The van der Waals surface area contributed by atoms with Crippen molar-refractivity contribution < 1.29 is 20.6 Å². The van der Waals surface area contributed by atoms with Gasteiger partial charge in [-0.05, 0) is 12.8 Å². The summed E-state index contributed by atoms with van der Waals surface area (Å²) in [6.45, 7) is 7.98. The Kier molecular flexibility index (Phi) is 7.45. The van der Waals surface area contributed by atoms with Crippen molar-refractivity contribution in [3.05, 3.63) is 12.2 Å². The summed E-state index contributed by atoms with van der Waals surface area (Å²) in [5, 5.41) is 0.894. The molecule has 0 spiro atoms. The molecule has 0 aromatic carbocycles. The largest absolute Gasteiger partial charge is 2.00 e. The molecule has 0 aliphatic heterocycles. The zero-order valence-corrected chi connectivity index (χ0v) is 11.4. The number of hydrogen-bond donors (Lipinski definition) is 2. The predicted octanol–water partition coefficient (Wildman–Crippen LogP) is 0.393. The van der Waals surface area contributed by atoms with E-state index < -0.39 is 27.3 Å². The molecule has 5 nitrogen and oxygen atoms in total. The maximum absolute atomic E-state index is 11.1. The number of carbonyl (C=O) groups excluding carboxylic acids is 1. The minimum Gasteiger partial charge on any atom is -1.00 e. The van der Waals surface area contributed by atoms with Crippen LogP contribution in [-0.4, -0.2) is 47.3 Å². The van der Waals surface area contributed by atoms with Gasteiger partial charge >= 0.3 is 23.1 Å². The van der Waals surface area contributed by atoms with Crippen LogP contribution in [-0.2, 0) is 14.9 Å². The van der Waals surface area contributed by atoms with E-state index in [4.69, 9.17) is 4.55 Å². The van der Waals surface area contributed by atoms with Crippen molar-refractivity contribution in [2.45, 2.75) is 26.1 Å². The second-order valence-electron chi connectivity index (χ2n) is 3.43. The van der Waals surface area contributed by atoms with Crippen molar-refractivity contribution in [3.8, 4) is 0 Å². The Morgan fingerprint density at radius 3 is 2.07 bits per heavy atom. The quantitative estimate of drug-likeness (QED) is 0.428. The van der Waals surface area contributed by atoms with Crippen LogP contribution in [0.3, 0.4) is 0 Å². The van der Waals surface area contributed by atoms with Crippen molar-refractivity contribution in [1.82, 2.24) is 5.32 Å². The van der Waals surface area contributed by atoms with Gasteiger partial charge in [0.25, 0.3) is 10.1 Å². The molecule has 0 heterocycles. The molecule has 2 N–H and O–H groups in total. The van der Waals surface area contributed by atoms with Crippen molar-refractivity contribution in [2.75, 3.05) is 0 Å². The summed E-state index contributed by atoms with van der Waals surface area (Å²) < 4.78 is 30.5. The molecule has 0 aliphatic carbocycles. The number of hydrogen-bond acceptors (Lipinski definition) is 3. The first-order valence-corrected chi connectivity index (χ1v) is 5.59. The molecular formula is C8H17MgNO4S. The van der Waals surface area contributed by atoms with Crippen molar-refractivity contribution >= 4 is 39.1 Å². The van der Waals surface area contributed by atoms with Crippen molar-refractivity contribution in [1.29, 1.82) is 0 Å². The minimum absolute atomic E-state index is 0. The van der Waals surface area contributed by atoms with E-state index in [0.717, 1.165) is 0 Å². The molecule has 1 atom stereocenters. The molecular weight excluding hydrogens is 230 g/mol. The van der Waals surface area contributed by atoms with Gasteiger partial charge in [0.1, 0.15) is 0 Å². The first-order chi connectivity index (χ1) is 6.16. The Morgan fingerprint density at radius 2 is 1.87 bits per heavy atom.